The molecular weight excluding hydrogens is 1060 g/mol. The summed E-state index contributed by atoms with van der Waals surface area (Å²) in [6, 6.07) is 34.5. The van der Waals surface area contributed by atoms with Gasteiger partial charge in [0.1, 0.15) is 23.7 Å². The number of nitrogens with zero attached hydrogens (tertiary/aromatic N) is 2. The molecule has 436 valence electrons. The highest BCUT2D eigenvalue weighted by Gasteiger charge is 2.33. The van der Waals surface area contributed by atoms with E-state index in [0.717, 1.165) is 38.5 Å². The first-order valence-corrected chi connectivity index (χ1v) is 31.9. The molecule has 0 saturated heterocycles. The van der Waals surface area contributed by atoms with Gasteiger partial charge in [-0.15, -0.1) is 0 Å². The van der Waals surface area contributed by atoms with Crippen LogP contribution in [0.25, 0.3) is 0 Å². The molecule has 2 N–H and O–H groups in total. The number of rotatable bonds is 38. The van der Waals surface area contributed by atoms with Gasteiger partial charge in [0.2, 0.25) is 0 Å². The van der Waals surface area contributed by atoms with Crippen molar-refractivity contribution in [2.24, 2.45) is 0 Å². The van der Waals surface area contributed by atoms with Gasteiger partial charge in [0.05, 0.1) is 44.2 Å². The summed E-state index contributed by atoms with van der Waals surface area (Å²) in [6.45, 7) is 8.41. The third kappa shape index (κ3) is 19.7. The van der Waals surface area contributed by atoms with Crippen molar-refractivity contribution in [1.29, 1.82) is 0 Å². The highest BCUT2D eigenvalue weighted by Crippen LogP contribution is 2.45. The molecule has 0 aliphatic carbocycles. The minimum Gasteiger partial charge on any atom is -0.494 e. The van der Waals surface area contributed by atoms with Crippen molar-refractivity contribution in [3.63, 3.8) is 0 Å². The predicted molar refractivity (Wildman–Crippen MR) is 323 cm³/mol. The van der Waals surface area contributed by atoms with E-state index in [1.807, 2.05) is 0 Å². The van der Waals surface area contributed by atoms with Crippen molar-refractivity contribution in [3.05, 3.63) is 187 Å². The molecule has 17 heteroatoms. The van der Waals surface area contributed by atoms with Crippen LogP contribution >= 0.6 is 0 Å². The van der Waals surface area contributed by atoms with Gasteiger partial charge < -0.3 is 14.2 Å². The quantitative estimate of drug-likeness (QED) is 0.0212. The second-order valence-electron chi connectivity index (χ2n) is 20.9. The van der Waals surface area contributed by atoms with E-state index in [2.05, 4.69) is 23.3 Å². The fourth-order valence-corrected chi connectivity index (χ4v) is 12.0. The fourth-order valence-electron chi connectivity index (χ4n) is 9.88. The zero-order valence-corrected chi connectivity index (χ0v) is 49.2. The van der Waals surface area contributed by atoms with E-state index in [1.54, 1.807) is 84.9 Å². The Hall–Kier alpha value is -6.82. The summed E-state index contributed by atoms with van der Waals surface area (Å²) in [4.78, 5) is 24.1. The summed E-state index contributed by atoms with van der Waals surface area (Å²) in [6.07, 6.45) is 21.1. The van der Waals surface area contributed by atoms with E-state index < -0.39 is 42.1 Å². The van der Waals surface area contributed by atoms with E-state index in [0.29, 0.717) is 35.8 Å². The van der Waals surface area contributed by atoms with E-state index in [1.165, 1.54) is 152 Å². The number of hydrogen-bond acceptors (Lipinski definition) is 11. The van der Waals surface area contributed by atoms with Crippen LogP contribution in [-0.2, 0) is 24.8 Å². The van der Waals surface area contributed by atoms with Gasteiger partial charge in [-0.1, -0.05) is 190 Å². The Morgan fingerprint density at radius 1 is 0.432 bits per heavy atom. The Labute approximate surface area is 480 Å². The monoisotopic (exact) mass is 1150 g/mol. The lowest BCUT2D eigenvalue weighted by Gasteiger charge is -2.29. The van der Waals surface area contributed by atoms with E-state index >= 15 is 0 Å². The molecular formula is C64H82N4O11S2. The minimum atomic E-state index is -4.38. The average molecular weight is 1150 g/mol. The van der Waals surface area contributed by atoms with Gasteiger partial charge in [0.25, 0.3) is 31.4 Å². The van der Waals surface area contributed by atoms with Crippen LogP contribution < -0.4 is 18.9 Å². The zero-order chi connectivity index (χ0) is 58.0. The van der Waals surface area contributed by atoms with Crippen LogP contribution in [0.2, 0.25) is 0 Å². The number of ether oxygens (including phenoxy) is 3. The number of unbranched alkanes of at least 4 members (excludes halogenated alkanes) is 18. The molecule has 6 aromatic carbocycles. The van der Waals surface area contributed by atoms with Gasteiger partial charge in [0, 0.05) is 34.4 Å². The van der Waals surface area contributed by atoms with Crippen LogP contribution in [0.15, 0.2) is 143 Å². The summed E-state index contributed by atoms with van der Waals surface area (Å²) < 4.78 is 82.0. The second-order valence-corrected chi connectivity index (χ2v) is 24.3. The van der Waals surface area contributed by atoms with Gasteiger partial charge in [0.15, 0.2) is 0 Å². The van der Waals surface area contributed by atoms with Gasteiger partial charge in [-0.25, -0.2) is 16.8 Å². The lowest BCUT2D eigenvalue weighted by atomic mass is 9.94. The predicted octanol–water partition coefficient (Wildman–Crippen LogP) is 17.2. The molecule has 6 rings (SSSR count). The number of nitrogens with one attached hydrogen (secondary N) is 2. The smallest absolute Gasteiger partial charge is 0.272 e. The van der Waals surface area contributed by atoms with E-state index in [4.69, 9.17) is 14.2 Å². The number of hydrogen-bond donors (Lipinski definition) is 2. The Morgan fingerprint density at radius 3 is 1.05 bits per heavy atom. The van der Waals surface area contributed by atoms with Gasteiger partial charge in [-0.3, -0.25) is 29.7 Å². The van der Waals surface area contributed by atoms with Crippen molar-refractivity contribution in [1.82, 2.24) is 0 Å². The molecule has 0 spiro atoms. The third-order valence-corrected chi connectivity index (χ3v) is 17.2. The SMILES string of the molecule is CCCCCCCCCCCCOc1ccc(S(=O)(=O)Nc2cc(C)c([N+](=O)[O-])cc2C(OC(c2ccccc2)c2cc([N+](=O)[O-])c(C)cc2NS(=O)(=O)c2ccc(OCCCCCCCCCCCC)cc2)c2ccccc2)cc1. The van der Waals surface area contributed by atoms with Crippen LogP contribution in [0.3, 0.4) is 0 Å². The minimum absolute atomic E-state index is 0.0354. The molecule has 0 fully saturated rings. The number of sulfonamides is 2. The Morgan fingerprint density at radius 2 is 0.741 bits per heavy atom. The lowest BCUT2D eigenvalue weighted by Crippen LogP contribution is -2.20. The number of benzene rings is 6. The normalized spacial score (nSPS) is 12.4. The van der Waals surface area contributed by atoms with Crippen molar-refractivity contribution in [2.75, 3.05) is 22.7 Å². The summed E-state index contributed by atoms with van der Waals surface area (Å²) in [5, 5.41) is 25.4. The Kier molecular flexibility index (Phi) is 25.5. The maximum atomic E-state index is 14.4. The molecule has 81 heavy (non-hydrogen) atoms. The second kappa shape index (κ2) is 32.6. The largest absolute Gasteiger partial charge is 0.494 e. The van der Waals surface area contributed by atoms with Crippen molar-refractivity contribution < 1.29 is 40.9 Å². The molecule has 0 heterocycles. The molecule has 0 bridgehead atoms. The average Bonchev–Trinajstić information content (AvgIpc) is 3.53. The molecule has 0 aromatic heterocycles. The first-order valence-electron chi connectivity index (χ1n) is 29.0. The van der Waals surface area contributed by atoms with Crippen LogP contribution in [0, 0.1) is 34.1 Å². The third-order valence-electron chi connectivity index (χ3n) is 14.5. The number of nitro groups is 2. The molecule has 0 aliphatic rings. The molecule has 0 amide bonds. The van der Waals surface area contributed by atoms with Crippen molar-refractivity contribution >= 4 is 42.8 Å². The standard InChI is InChI=1S/C64H82N4O11S2/c1-5-7-9-11-13-15-17-19-21-29-43-77-53-35-39-55(40-36-53)80(73,74)65-59-45-49(3)61(67(69)70)47-57(59)63(51-31-25-23-26-32-51)79-64(52-33-27-24-28-34-52)58-48-62(68(71)72)50(4)46-60(58)66-81(75,76)56-41-37-54(38-42-56)78-44-30-22-20-18-16-14-12-10-8-6-2/h23-28,31-42,45-48,63-66H,5-22,29-30,43-44H2,1-4H3. The van der Waals surface area contributed by atoms with Gasteiger partial charge >= 0.3 is 0 Å². The highest BCUT2D eigenvalue weighted by atomic mass is 32.2. The summed E-state index contributed by atoms with van der Waals surface area (Å²) >= 11 is 0. The molecule has 0 radical (unpaired) electrons. The summed E-state index contributed by atoms with van der Waals surface area (Å²) in [7, 11) is -8.75. The number of anilines is 2. The molecule has 0 aliphatic heterocycles. The van der Waals surface area contributed by atoms with Gasteiger partial charge in [-0.05, 0) is 98.5 Å². The van der Waals surface area contributed by atoms with Crippen LogP contribution in [0.5, 0.6) is 11.5 Å². The maximum absolute atomic E-state index is 14.4. The van der Waals surface area contributed by atoms with Crippen LogP contribution in [-0.4, -0.2) is 39.9 Å². The highest BCUT2D eigenvalue weighted by molar-refractivity contribution is 7.93. The number of nitro benzene ring substituents is 2. The maximum Gasteiger partial charge on any atom is 0.272 e. The molecule has 15 nitrogen and oxygen atoms in total. The zero-order valence-electron chi connectivity index (χ0n) is 47.6. The van der Waals surface area contributed by atoms with E-state index in [-0.39, 0.29) is 54.8 Å². The van der Waals surface area contributed by atoms with Crippen molar-refractivity contribution in [3.8, 4) is 11.5 Å². The molecule has 0 saturated carbocycles. The first kappa shape index (κ1) is 63.4. The van der Waals surface area contributed by atoms with Crippen LogP contribution in [0.4, 0.5) is 22.7 Å². The number of aryl methyl sites for hydroxylation is 2. The fraction of sp³-hybridized carbons (Fsp3) is 0.438. The van der Waals surface area contributed by atoms with Gasteiger partial charge in [-0.2, -0.15) is 0 Å². The lowest BCUT2D eigenvalue weighted by molar-refractivity contribution is -0.385. The van der Waals surface area contributed by atoms with E-state index in [9.17, 15) is 37.1 Å². The Balaban J connectivity index is 1.27. The molecule has 2 atom stereocenters. The Bertz CT molecular complexity index is 2920. The van der Waals surface area contributed by atoms with Crippen LogP contribution in [0.1, 0.15) is 188 Å². The molecule has 6 aromatic rings. The van der Waals surface area contributed by atoms with Crippen molar-refractivity contribution in [2.45, 2.75) is 178 Å². The topological polar surface area (TPSA) is 206 Å². The first-order chi connectivity index (χ1) is 39.1. The summed E-state index contributed by atoms with van der Waals surface area (Å²) in [5.74, 6) is 1.02. The molecule has 2 unspecified atom stereocenters. The summed E-state index contributed by atoms with van der Waals surface area (Å²) in [5.41, 5.74) is 0.530.